The highest BCUT2D eigenvalue weighted by molar-refractivity contribution is 5.79. The second-order valence-electron chi connectivity index (χ2n) is 5.42. The van der Waals surface area contributed by atoms with E-state index in [1.165, 1.54) is 44.9 Å². The highest BCUT2D eigenvalue weighted by atomic mass is 15.3. The number of guanidine groups is 1. The Balaban J connectivity index is 2.05. The van der Waals surface area contributed by atoms with Gasteiger partial charge in [-0.15, -0.1) is 0 Å². The van der Waals surface area contributed by atoms with E-state index >= 15 is 0 Å². The van der Waals surface area contributed by atoms with Gasteiger partial charge in [-0.2, -0.15) is 5.10 Å². The molecular formula is C16H31N5. The van der Waals surface area contributed by atoms with Gasteiger partial charge in [0.2, 0.25) is 0 Å². The molecule has 0 unspecified atom stereocenters. The van der Waals surface area contributed by atoms with Gasteiger partial charge < -0.3 is 10.6 Å². The Morgan fingerprint density at radius 2 is 1.86 bits per heavy atom. The van der Waals surface area contributed by atoms with Gasteiger partial charge in [0.25, 0.3) is 0 Å². The van der Waals surface area contributed by atoms with Gasteiger partial charge in [-0.1, -0.05) is 45.4 Å². The first kappa shape index (κ1) is 17.5. The van der Waals surface area contributed by atoms with Gasteiger partial charge in [-0.25, -0.2) is 0 Å². The second-order valence-corrected chi connectivity index (χ2v) is 5.42. The largest absolute Gasteiger partial charge is 0.356 e. The molecule has 0 aromatic carbocycles. The van der Waals surface area contributed by atoms with Crippen molar-refractivity contribution in [3.63, 3.8) is 0 Å². The number of aliphatic imine (C=N–C) groups is 1. The van der Waals surface area contributed by atoms with Crippen LogP contribution in [0.5, 0.6) is 0 Å². The summed E-state index contributed by atoms with van der Waals surface area (Å²) < 4.78 is 1.87. The summed E-state index contributed by atoms with van der Waals surface area (Å²) in [5, 5.41) is 10.8. The highest BCUT2D eigenvalue weighted by Crippen LogP contribution is 2.06. The van der Waals surface area contributed by atoms with E-state index in [-0.39, 0.29) is 0 Å². The minimum atomic E-state index is 0.743. The van der Waals surface area contributed by atoms with E-state index in [9.17, 15) is 0 Å². The lowest BCUT2D eigenvalue weighted by molar-refractivity contribution is 0.583. The summed E-state index contributed by atoms with van der Waals surface area (Å²) in [6, 6.07) is 2.01. The summed E-state index contributed by atoms with van der Waals surface area (Å²) >= 11 is 0. The Kier molecular flexibility index (Phi) is 9.33. The fourth-order valence-electron chi connectivity index (χ4n) is 2.26. The van der Waals surface area contributed by atoms with Crippen LogP contribution < -0.4 is 10.6 Å². The predicted molar refractivity (Wildman–Crippen MR) is 89.4 cm³/mol. The summed E-state index contributed by atoms with van der Waals surface area (Å²) in [5.41, 5.74) is 1.15. The van der Waals surface area contributed by atoms with E-state index in [1.807, 2.05) is 31.0 Å². The lowest BCUT2D eigenvalue weighted by Crippen LogP contribution is -2.37. The Bertz CT molecular complexity index is 397. The minimum absolute atomic E-state index is 0.743. The molecule has 0 saturated heterocycles. The molecule has 0 amide bonds. The Morgan fingerprint density at radius 3 is 2.48 bits per heavy atom. The third-order valence-electron chi connectivity index (χ3n) is 3.66. The van der Waals surface area contributed by atoms with Crippen molar-refractivity contribution in [2.24, 2.45) is 12.0 Å². The third-order valence-corrected chi connectivity index (χ3v) is 3.66. The molecule has 0 saturated carbocycles. The van der Waals surface area contributed by atoms with Crippen LogP contribution >= 0.6 is 0 Å². The number of aryl methyl sites for hydroxylation is 1. The van der Waals surface area contributed by atoms with Crippen LogP contribution in [0.15, 0.2) is 17.3 Å². The zero-order valence-corrected chi connectivity index (χ0v) is 13.9. The fourth-order valence-corrected chi connectivity index (χ4v) is 2.26. The molecule has 5 heteroatoms. The first-order chi connectivity index (χ1) is 10.3. The standard InChI is InChI=1S/C16H31N5/c1-4-5-6-7-8-9-10-12-18-16(17-2)19-14-15-11-13-20-21(15)3/h11,13H,4-10,12,14H2,1-3H3,(H2,17,18,19). The molecule has 0 spiro atoms. The minimum Gasteiger partial charge on any atom is -0.356 e. The van der Waals surface area contributed by atoms with Gasteiger partial charge in [0, 0.05) is 26.8 Å². The summed E-state index contributed by atoms with van der Waals surface area (Å²) in [5.74, 6) is 0.863. The highest BCUT2D eigenvalue weighted by Gasteiger charge is 2.00. The first-order valence-corrected chi connectivity index (χ1v) is 8.19. The van der Waals surface area contributed by atoms with Gasteiger partial charge in [0.15, 0.2) is 5.96 Å². The average Bonchev–Trinajstić information content (AvgIpc) is 2.90. The summed E-state index contributed by atoms with van der Waals surface area (Å²) in [6.07, 6.45) is 11.1. The van der Waals surface area contributed by atoms with Crippen molar-refractivity contribution in [2.75, 3.05) is 13.6 Å². The number of rotatable bonds is 10. The van der Waals surface area contributed by atoms with E-state index < -0.39 is 0 Å². The molecule has 5 nitrogen and oxygen atoms in total. The number of hydrogen-bond donors (Lipinski definition) is 2. The zero-order chi connectivity index (χ0) is 15.3. The lowest BCUT2D eigenvalue weighted by Gasteiger charge is -2.11. The van der Waals surface area contributed by atoms with Crippen LogP contribution in [0.25, 0.3) is 0 Å². The molecule has 0 radical (unpaired) electrons. The topological polar surface area (TPSA) is 54.2 Å². The molecule has 1 rings (SSSR count). The Labute approximate surface area is 129 Å². The third kappa shape index (κ3) is 7.73. The average molecular weight is 293 g/mol. The van der Waals surface area contributed by atoms with Crippen molar-refractivity contribution in [3.8, 4) is 0 Å². The molecule has 0 bridgehead atoms. The van der Waals surface area contributed by atoms with Crippen molar-refractivity contribution in [1.29, 1.82) is 0 Å². The molecule has 0 aliphatic carbocycles. The van der Waals surface area contributed by atoms with E-state index in [1.54, 1.807) is 0 Å². The number of hydrogen-bond acceptors (Lipinski definition) is 2. The van der Waals surface area contributed by atoms with Crippen LogP contribution in [0.1, 0.15) is 57.6 Å². The molecule has 0 fully saturated rings. The van der Waals surface area contributed by atoms with Crippen molar-refractivity contribution in [1.82, 2.24) is 20.4 Å². The van der Waals surface area contributed by atoms with E-state index in [2.05, 4.69) is 27.6 Å². The second kappa shape index (κ2) is 11.2. The van der Waals surface area contributed by atoms with E-state index in [0.717, 1.165) is 24.7 Å². The molecule has 1 heterocycles. The number of unbranched alkanes of at least 4 members (excludes halogenated alkanes) is 6. The molecule has 0 atom stereocenters. The number of nitrogens with one attached hydrogen (secondary N) is 2. The van der Waals surface area contributed by atoms with Gasteiger partial charge >= 0.3 is 0 Å². The van der Waals surface area contributed by atoms with Crippen molar-refractivity contribution >= 4 is 5.96 Å². The monoisotopic (exact) mass is 293 g/mol. The molecule has 21 heavy (non-hydrogen) atoms. The Hall–Kier alpha value is -1.52. The van der Waals surface area contributed by atoms with Crippen molar-refractivity contribution in [3.05, 3.63) is 18.0 Å². The van der Waals surface area contributed by atoms with Gasteiger partial charge in [0.05, 0.1) is 12.2 Å². The van der Waals surface area contributed by atoms with Gasteiger partial charge in [0.1, 0.15) is 0 Å². The van der Waals surface area contributed by atoms with Gasteiger partial charge in [-0.3, -0.25) is 9.67 Å². The summed E-state index contributed by atoms with van der Waals surface area (Å²) in [6.45, 7) is 3.99. The SMILES string of the molecule is CCCCCCCCCNC(=NC)NCc1ccnn1C. The van der Waals surface area contributed by atoms with E-state index in [4.69, 9.17) is 0 Å². The summed E-state index contributed by atoms with van der Waals surface area (Å²) in [4.78, 5) is 4.24. The summed E-state index contributed by atoms with van der Waals surface area (Å²) in [7, 11) is 3.76. The van der Waals surface area contributed by atoms with Gasteiger partial charge in [-0.05, 0) is 12.5 Å². The van der Waals surface area contributed by atoms with Crippen LogP contribution in [0.3, 0.4) is 0 Å². The predicted octanol–water partition coefficient (Wildman–Crippen LogP) is 2.84. The van der Waals surface area contributed by atoms with Crippen LogP contribution in [0.4, 0.5) is 0 Å². The number of aromatic nitrogens is 2. The van der Waals surface area contributed by atoms with Crippen LogP contribution in [0.2, 0.25) is 0 Å². The van der Waals surface area contributed by atoms with Crippen LogP contribution in [0, 0.1) is 0 Å². The molecular weight excluding hydrogens is 262 g/mol. The van der Waals surface area contributed by atoms with Crippen molar-refractivity contribution in [2.45, 2.75) is 58.4 Å². The molecule has 0 aliphatic rings. The maximum Gasteiger partial charge on any atom is 0.191 e. The molecule has 1 aromatic rings. The quantitative estimate of drug-likeness (QED) is 0.396. The normalized spacial score (nSPS) is 11.7. The maximum atomic E-state index is 4.24. The first-order valence-electron chi connectivity index (χ1n) is 8.19. The number of nitrogens with zero attached hydrogens (tertiary/aromatic N) is 3. The van der Waals surface area contributed by atoms with Crippen molar-refractivity contribution < 1.29 is 0 Å². The lowest BCUT2D eigenvalue weighted by atomic mass is 10.1. The van der Waals surface area contributed by atoms with Crippen LogP contribution in [-0.4, -0.2) is 29.3 Å². The maximum absolute atomic E-state index is 4.24. The molecule has 120 valence electrons. The Morgan fingerprint density at radius 1 is 1.14 bits per heavy atom. The molecule has 1 aromatic heterocycles. The smallest absolute Gasteiger partial charge is 0.191 e. The molecule has 2 N–H and O–H groups in total. The fraction of sp³-hybridized carbons (Fsp3) is 0.750. The molecule has 0 aliphatic heterocycles. The van der Waals surface area contributed by atoms with E-state index in [0.29, 0.717) is 0 Å². The zero-order valence-electron chi connectivity index (χ0n) is 13.9. The van der Waals surface area contributed by atoms with Crippen LogP contribution in [-0.2, 0) is 13.6 Å².